The Morgan fingerprint density at radius 1 is 1.23 bits per heavy atom. The minimum atomic E-state index is -4.53. The van der Waals surface area contributed by atoms with E-state index < -0.39 is 11.7 Å². The fourth-order valence-corrected chi connectivity index (χ4v) is 2.38. The lowest BCUT2D eigenvalue weighted by Gasteiger charge is -2.14. The standard InChI is InChI=1S/C18H19ClF3NO3/c1-2-8-25-14-6-5-12(4-3-7-24)16(10-14)26-17-15(19)9-13(11-23-17)18(20,21)22/h5-6,9-11,24H,2-4,7-8H2,1H3. The first-order valence-electron chi connectivity index (χ1n) is 8.12. The van der Waals surface area contributed by atoms with Crippen LogP contribution in [-0.2, 0) is 12.6 Å². The van der Waals surface area contributed by atoms with Crippen LogP contribution < -0.4 is 9.47 Å². The van der Waals surface area contributed by atoms with Crippen molar-refractivity contribution in [2.24, 2.45) is 0 Å². The van der Waals surface area contributed by atoms with Gasteiger partial charge in [0.25, 0.3) is 0 Å². The predicted octanol–water partition coefficient (Wildman–Crippen LogP) is 5.26. The van der Waals surface area contributed by atoms with Crippen molar-refractivity contribution in [1.82, 2.24) is 4.98 Å². The minimum Gasteiger partial charge on any atom is -0.493 e. The number of benzene rings is 1. The molecule has 4 nitrogen and oxygen atoms in total. The maximum atomic E-state index is 12.7. The number of alkyl halides is 3. The number of nitrogens with zero attached hydrogens (tertiary/aromatic N) is 1. The molecule has 1 aromatic carbocycles. The molecule has 0 fully saturated rings. The number of ether oxygens (including phenoxy) is 2. The Morgan fingerprint density at radius 2 is 2.00 bits per heavy atom. The second-order valence-electron chi connectivity index (χ2n) is 5.56. The molecule has 8 heteroatoms. The second kappa shape index (κ2) is 9.09. The quantitative estimate of drug-likeness (QED) is 0.669. The van der Waals surface area contributed by atoms with Crippen LogP contribution in [0.5, 0.6) is 17.4 Å². The summed E-state index contributed by atoms with van der Waals surface area (Å²) < 4.78 is 49.4. The van der Waals surface area contributed by atoms with Gasteiger partial charge in [0.05, 0.1) is 12.2 Å². The molecule has 0 saturated carbocycles. The summed E-state index contributed by atoms with van der Waals surface area (Å²) in [5.41, 5.74) is -0.184. The first-order chi connectivity index (χ1) is 12.3. The first-order valence-corrected chi connectivity index (χ1v) is 8.50. The minimum absolute atomic E-state index is 0.00676. The van der Waals surface area contributed by atoms with Crippen LogP contribution in [0.15, 0.2) is 30.5 Å². The molecular formula is C18H19ClF3NO3. The van der Waals surface area contributed by atoms with Crippen LogP contribution >= 0.6 is 11.6 Å². The zero-order valence-electron chi connectivity index (χ0n) is 14.1. The molecule has 0 saturated heterocycles. The van der Waals surface area contributed by atoms with E-state index in [1.165, 1.54) is 0 Å². The van der Waals surface area contributed by atoms with Crippen molar-refractivity contribution < 1.29 is 27.8 Å². The van der Waals surface area contributed by atoms with Gasteiger partial charge in [-0.1, -0.05) is 24.6 Å². The van der Waals surface area contributed by atoms with E-state index in [1.54, 1.807) is 18.2 Å². The number of halogens is 4. The number of hydrogen-bond donors (Lipinski definition) is 1. The number of hydrogen-bond acceptors (Lipinski definition) is 4. The number of rotatable bonds is 8. The molecular weight excluding hydrogens is 371 g/mol. The van der Waals surface area contributed by atoms with Gasteiger partial charge >= 0.3 is 6.18 Å². The SMILES string of the molecule is CCCOc1ccc(CCCO)c(Oc2ncc(C(F)(F)F)cc2Cl)c1. The van der Waals surface area contributed by atoms with Gasteiger partial charge in [-0.2, -0.15) is 13.2 Å². The van der Waals surface area contributed by atoms with Crippen LogP contribution in [0.4, 0.5) is 13.2 Å². The zero-order chi connectivity index (χ0) is 19.2. The van der Waals surface area contributed by atoms with Gasteiger partial charge in [0.1, 0.15) is 16.5 Å². The van der Waals surface area contributed by atoms with E-state index in [-0.39, 0.29) is 17.5 Å². The summed E-state index contributed by atoms with van der Waals surface area (Å²) in [6.07, 6.45) is -1.99. The molecule has 1 aromatic heterocycles. The topological polar surface area (TPSA) is 51.6 Å². The van der Waals surface area contributed by atoms with E-state index in [0.29, 0.717) is 37.1 Å². The molecule has 0 amide bonds. The molecule has 0 bridgehead atoms. The largest absolute Gasteiger partial charge is 0.493 e. The van der Waals surface area contributed by atoms with E-state index >= 15 is 0 Å². The molecule has 1 N–H and O–H groups in total. The third-order valence-corrected chi connectivity index (χ3v) is 3.73. The van der Waals surface area contributed by atoms with Gasteiger partial charge in [-0.25, -0.2) is 4.98 Å². The second-order valence-corrected chi connectivity index (χ2v) is 5.96. The van der Waals surface area contributed by atoms with Gasteiger partial charge in [-0.15, -0.1) is 0 Å². The van der Waals surface area contributed by atoms with Crippen molar-refractivity contribution in [2.45, 2.75) is 32.4 Å². The molecule has 26 heavy (non-hydrogen) atoms. The molecule has 2 rings (SSSR count). The zero-order valence-corrected chi connectivity index (χ0v) is 14.9. The third-order valence-electron chi connectivity index (χ3n) is 3.46. The average molecular weight is 390 g/mol. The van der Waals surface area contributed by atoms with E-state index in [9.17, 15) is 13.2 Å². The third kappa shape index (κ3) is 5.51. The summed E-state index contributed by atoms with van der Waals surface area (Å²) in [6, 6.07) is 5.97. The normalized spacial score (nSPS) is 11.5. The Hall–Kier alpha value is -1.99. The predicted molar refractivity (Wildman–Crippen MR) is 92.0 cm³/mol. The Balaban J connectivity index is 2.30. The maximum absolute atomic E-state index is 12.7. The van der Waals surface area contributed by atoms with Gasteiger partial charge < -0.3 is 14.6 Å². The van der Waals surface area contributed by atoms with E-state index in [1.807, 2.05) is 6.92 Å². The maximum Gasteiger partial charge on any atom is 0.417 e. The van der Waals surface area contributed by atoms with Crippen LogP contribution in [0.25, 0.3) is 0 Å². The van der Waals surface area contributed by atoms with Crippen molar-refractivity contribution in [3.8, 4) is 17.4 Å². The highest BCUT2D eigenvalue weighted by Gasteiger charge is 2.31. The monoisotopic (exact) mass is 389 g/mol. The van der Waals surface area contributed by atoms with Gasteiger partial charge in [0.2, 0.25) is 5.88 Å². The number of pyridine rings is 1. The van der Waals surface area contributed by atoms with Crippen molar-refractivity contribution >= 4 is 11.6 Å². The average Bonchev–Trinajstić information content (AvgIpc) is 2.60. The van der Waals surface area contributed by atoms with Gasteiger partial charge in [0, 0.05) is 18.9 Å². The van der Waals surface area contributed by atoms with Crippen LogP contribution in [0, 0.1) is 0 Å². The molecule has 0 aliphatic heterocycles. The lowest BCUT2D eigenvalue weighted by molar-refractivity contribution is -0.137. The van der Waals surface area contributed by atoms with Gasteiger partial charge in [0.15, 0.2) is 0 Å². The Labute approximate surface area is 154 Å². The van der Waals surface area contributed by atoms with Gasteiger partial charge in [-0.3, -0.25) is 0 Å². The fraction of sp³-hybridized carbons (Fsp3) is 0.389. The smallest absolute Gasteiger partial charge is 0.417 e. The summed E-state index contributed by atoms with van der Waals surface area (Å²) in [5, 5.41) is 8.78. The van der Waals surface area contributed by atoms with Crippen LogP contribution in [0.3, 0.4) is 0 Å². The number of aliphatic hydroxyl groups excluding tert-OH is 1. The number of aromatic nitrogens is 1. The highest BCUT2D eigenvalue weighted by Crippen LogP contribution is 2.36. The summed E-state index contributed by atoms with van der Waals surface area (Å²) in [7, 11) is 0. The Kier molecular flexibility index (Phi) is 7.11. The fourth-order valence-electron chi connectivity index (χ4n) is 2.18. The van der Waals surface area contributed by atoms with Crippen molar-refractivity contribution in [3.05, 3.63) is 46.6 Å². The molecule has 0 atom stereocenters. The molecule has 142 valence electrons. The van der Waals surface area contributed by atoms with Crippen LogP contribution in [0.2, 0.25) is 5.02 Å². The summed E-state index contributed by atoms with van der Waals surface area (Å²) in [4.78, 5) is 3.69. The number of aliphatic hydroxyl groups is 1. The summed E-state index contributed by atoms with van der Waals surface area (Å²) >= 11 is 5.91. The van der Waals surface area contributed by atoms with Crippen molar-refractivity contribution in [3.63, 3.8) is 0 Å². The lowest BCUT2D eigenvalue weighted by atomic mass is 10.1. The van der Waals surface area contributed by atoms with Crippen LogP contribution in [0.1, 0.15) is 30.9 Å². The molecule has 1 heterocycles. The van der Waals surface area contributed by atoms with E-state index in [0.717, 1.165) is 18.1 Å². The van der Waals surface area contributed by atoms with Crippen LogP contribution in [-0.4, -0.2) is 23.3 Å². The molecule has 0 aliphatic carbocycles. The molecule has 0 radical (unpaired) electrons. The highest BCUT2D eigenvalue weighted by atomic mass is 35.5. The molecule has 0 spiro atoms. The summed E-state index contributed by atoms with van der Waals surface area (Å²) in [6.45, 7) is 2.50. The molecule has 2 aromatic rings. The van der Waals surface area contributed by atoms with Gasteiger partial charge in [-0.05, 0) is 37.0 Å². The van der Waals surface area contributed by atoms with E-state index in [2.05, 4.69) is 4.98 Å². The molecule has 0 unspecified atom stereocenters. The van der Waals surface area contributed by atoms with Crippen molar-refractivity contribution in [2.75, 3.05) is 13.2 Å². The Morgan fingerprint density at radius 3 is 2.62 bits per heavy atom. The molecule has 0 aliphatic rings. The number of aryl methyl sites for hydroxylation is 1. The summed E-state index contributed by atoms with van der Waals surface area (Å²) in [5.74, 6) is 0.816. The van der Waals surface area contributed by atoms with Crippen molar-refractivity contribution in [1.29, 1.82) is 0 Å². The highest BCUT2D eigenvalue weighted by molar-refractivity contribution is 6.31. The van der Waals surface area contributed by atoms with E-state index in [4.69, 9.17) is 26.2 Å². The Bertz CT molecular complexity index is 738. The first kappa shape index (κ1) is 20.3. The lowest BCUT2D eigenvalue weighted by Crippen LogP contribution is -2.06.